The number of aliphatic hydroxyl groups excluding tert-OH is 1. The van der Waals surface area contributed by atoms with Crippen molar-refractivity contribution < 1.29 is 10.2 Å². The molecule has 4 aliphatic carbocycles. The van der Waals surface area contributed by atoms with Gasteiger partial charge in [-0.1, -0.05) is 38.8 Å². The molecule has 3 N–H and O–H groups in total. The van der Waals surface area contributed by atoms with Crippen molar-refractivity contribution in [2.45, 2.75) is 96.7 Å². The molecule has 3 saturated carbocycles. The van der Waals surface area contributed by atoms with E-state index in [2.05, 4.69) is 37.5 Å². The van der Waals surface area contributed by atoms with E-state index in [1.807, 2.05) is 0 Å². The number of nitrogens with one attached hydrogen (secondary N) is 1. The quantitative estimate of drug-likeness (QED) is 0.393. The Morgan fingerprint density at radius 1 is 1.13 bits per heavy atom. The second-order valence-corrected chi connectivity index (χ2v) is 12.2. The van der Waals surface area contributed by atoms with Crippen LogP contribution in [0, 0.1) is 28.6 Å². The number of aliphatic hydroxyl groups is 2. The summed E-state index contributed by atoms with van der Waals surface area (Å²) in [6.07, 6.45) is 12.9. The molecule has 0 bridgehead atoms. The van der Waals surface area contributed by atoms with Crippen LogP contribution in [0.1, 0.15) is 90.7 Å². The first-order valence-electron chi connectivity index (χ1n) is 12.6. The molecule has 0 spiro atoms. The predicted octanol–water partition coefficient (Wildman–Crippen LogP) is 5.87. The molecule has 7 atom stereocenters. The maximum absolute atomic E-state index is 12.1. The van der Waals surface area contributed by atoms with Crippen LogP contribution in [0.4, 0.5) is 5.13 Å². The Balaban J connectivity index is 1.40. The van der Waals surface area contributed by atoms with E-state index in [9.17, 15) is 10.2 Å². The number of thiazole rings is 1. The number of hydrogen-bond donors (Lipinski definition) is 3. The van der Waals surface area contributed by atoms with Gasteiger partial charge in [0.2, 0.25) is 0 Å². The zero-order chi connectivity index (χ0) is 21.9. The molecule has 0 aliphatic heterocycles. The molecule has 0 amide bonds. The molecular weight excluding hydrogens is 404 g/mol. The summed E-state index contributed by atoms with van der Waals surface area (Å²) in [5.74, 6) is 1.95. The van der Waals surface area contributed by atoms with Crippen LogP contribution in [0.15, 0.2) is 17.0 Å². The average Bonchev–Trinajstić information content (AvgIpc) is 3.32. The molecule has 0 radical (unpaired) electrons. The van der Waals surface area contributed by atoms with Crippen molar-refractivity contribution in [2.24, 2.45) is 28.6 Å². The van der Waals surface area contributed by atoms with Crippen molar-refractivity contribution in [1.29, 1.82) is 0 Å². The molecule has 31 heavy (non-hydrogen) atoms. The summed E-state index contributed by atoms with van der Waals surface area (Å²) < 4.78 is 0. The van der Waals surface area contributed by atoms with E-state index >= 15 is 0 Å². The van der Waals surface area contributed by atoms with Crippen LogP contribution >= 0.6 is 11.3 Å². The van der Waals surface area contributed by atoms with Crippen LogP contribution in [-0.4, -0.2) is 27.8 Å². The second-order valence-electron chi connectivity index (χ2n) is 11.3. The highest BCUT2D eigenvalue weighted by Crippen LogP contribution is 2.69. The average molecular weight is 445 g/mol. The van der Waals surface area contributed by atoms with E-state index in [-0.39, 0.29) is 16.9 Å². The van der Waals surface area contributed by atoms with Crippen molar-refractivity contribution in [3.63, 3.8) is 0 Å². The van der Waals surface area contributed by atoms with Gasteiger partial charge in [0.25, 0.3) is 0 Å². The van der Waals surface area contributed by atoms with Gasteiger partial charge in [-0.25, -0.2) is 4.98 Å². The predicted molar refractivity (Wildman–Crippen MR) is 127 cm³/mol. The van der Waals surface area contributed by atoms with Gasteiger partial charge in [0.1, 0.15) is 5.60 Å². The summed E-state index contributed by atoms with van der Waals surface area (Å²) in [6, 6.07) is 0. The van der Waals surface area contributed by atoms with Crippen LogP contribution < -0.4 is 5.32 Å². The van der Waals surface area contributed by atoms with E-state index in [0.717, 1.165) is 62.3 Å². The van der Waals surface area contributed by atoms with E-state index in [1.165, 1.54) is 24.8 Å². The Morgan fingerprint density at radius 2 is 1.94 bits per heavy atom. The molecule has 172 valence electrons. The molecule has 4 aliphatic rings. The van der Waals surface area contributed by atoms with E-state index in [4.69, 9.17) is 4.98 Å². The van der Waals surface area contributed by atoms with Gasteiger partial charge in [0.05, 0.1) is 11.8 Å². The number of hydrogen-bond acceptors (Lipinski definition) is 5. The Labute approximate surface area is 191 Å². The van der Waals surface area contributed by atoms with Gasteiger partial charge < -0.3 is 15.5 Å². The smallest absolute Gasteiger partial charge is 0.182 e. The minimum atomic E-state index is -0.802. The number of allylic oxidation sites excluding steroid dienone is 1. The zero-order valence-corrected chi connectivity index (χ0v) is 20.3. The Hall–Kier alpha value is -0.910. The van der Waals surface area contributed by atoms with Crippen LogP contribution in [0.3, 0.4) is 0 Å². The summed E-state index contributed by atoms with van der Waals surface area (Å²) in [5.41, 5.74) is 1.79. The largest absolute Gasteiger partial charge is 0.389 e. The molecule has 4 nitrogen and oxygen atoms in total. The SMILES string of the molecule is CCCCNc1nc([C@@]2(O)CC[C@H]3[C@@H]4CCC5=CC(O)CC[C@]5(C)[C@H]4CC[C@@]32C)cs1. The van der Waals surface area contributed by atoms with Gasteiger partial charge in [-0.3, -0.25) is 0 Å². The molecule has 0 aromatic carbocycles. The Bertz CT molecular complexity index is 852. The van der Waals surface area contributed by atoms with Crippen LogP contribution in [-0.2, 0) is 5.60 Å². The normalized spacial score (nSPS) is 44.2. The molecule has 5 heteroatoms. The van der Waals surface area contributed by atoms with Gasteiger partial charge in [0, 0.05) is 17.3 Å². The molecule has 0 saturated heterocycles. The maximum atomic E-state index is 12.1. The van der Waals surface area contributed by atoms with Gasteiger partial charge in [-0.15, -0.1) is 11.3 Å². The number of anilines is 1. The minimum absolute atomic E-state index is 0.0886. The van der Waals surface area contributed by atoms with E-state index in [1.54, 1.807) is 11.3 Å². The first-order chi connectivity index (χ1) is 14.8. The summed E-state index contributed by atoms with van der Waals surface area (Å²) in [7, 11) is 0. The summed E-state index contributed by atoms with van der Waals surface area (Å²) in [4.78, 5) is 4.88. The maximum Gasteiger partial charge on any atom is 0.182 e. The lowest BCUT2D eigenvalue weighted by Crippen LogP contribution is -2.54. The molecule has 1 unspecified atom stereocenters. The highest BCUT2D eigenvalue weighted by molar-refractivity contribution is 7.13. The molecule has 5 rings (SSSR count). The molecule has 1 heterocycles. The Kier molecular flexibility index (Phi) is 5.55. The fraction of sp³-hybridized carbons (Fsp3) is 0.808. The first-order valence-corrected chi connectivity index (χ1v) is 13.5. The molecule has 1 aromatic heterocycles. The standard InChI is InChI=1S/C26H40N2O2S/c1-4-5-14-27-23-28-22(16-31-23)26(30)13-10-21-19-7-6-17-15-18(29)8-11-24(17,2)20(19)9-12-25(21,26)3/h15-16,18-21,29-30H,4-14H2,1-3H3,(H,27,28)/t18?,19-,20+,21+,24+,25+,26+/m1/s1. The number of unbranched alkanes of at least 4 members (excludes halogenated alkanes) is 1. The number of nitrogens with zero attached hydrogens (tertiary/aromatic N) is 1. The second kappa shape index (κ2) is 7.85. The fourth-order valence-electron chi connectivity index (χ4n) is 8.06. The van der Waals surface area contributed by atoms with Gasteiger partial charge in [-0.2, -0.15) is 0 Å². The van der Waals surface area contributed by atoms with E-state index < -0.39 is 5.60 Å². The number of aromatic nitrogens is 1. The van der Waals surface area contributed by atoms with Crippen LogP contribution in [0.5, 0.6) is 0 Å². The zero-order valence-electron chi connectivity index (χ0n) is 19.5. The lowest BCUT2D eigenvalue weighted by molar-refractivity contribution is -0.134. The number of rotatable bonds is 5. The van der Waals surface area contributed by atoms with Crippen molar-refractivity contribution in [2.75, 3.05) is 11.9 Å². The van der Waals surface area contributed by atoms with Crippen molar-refractivity contribution in [1.82, 2.24) is 4.98 Å². The molecular formula is C26H40N2O2S. The van der Waals surface area contributed by atoms with Gasteiger partial charge in [-0.05, 0) is 81.0 Å². The third-order valence-electron chi connectivity index (χ3n) is 9.98. The number of fused-ring (bicyclic) bond motifs is 5. The fourth-order valence-corrected chi connectivity index (χ4v) is 8.87. The first kappa shape index (κ1) is 21.9. The third-order valence-corrected chi connectivity index (χ3v) is 10.8. The summed E-state index contributed by atoms with van der Waals surface area (Å²) in [6.45, 7) is 7.99. The van der Waals surface area contributed by atoms with Gasteiger partial charge in [0.15, 0.2) is 5.13 Å². The van der Waals surface area contributed by atoms with Crippen LogP contribution in [0.25, 0.3) is 0 Å². The van der Waals surface area contributed by atoms with Crippen molar-refractivity contribution in [3.8, 4) is 0 Å². The van der Waals surface area contributed by atoms with Crippen molar-refractivity contribution >= 4 is 16.5 Å². The van der Waals surface area contributed by atoms with Gasteiger partial charge >= 0.3 is 0 Å². The highest BCUT2D eigenvalue weighted by Gasteiger charge is 2.65. The topological polar surface area (TPSA) is 65.4 Å². The molecule has 3 fully saturated rings. The summed E-state index contributed by atoms with van der Waals surface area (Å²) in [5, 5.41) is 28.8. The van der Waals surface area contributed by atoms with Crippen LogP contribution in [0.2, 0.25) is 0 Å². The van der Waals surface area contributed by atoms with Crippen molar-refractivity contribution in [3.05, 3.63) is 22.7 Å². The lowest BCUT2D eigenvalue weighted by atomic mass is 9.46. The summed E-state index contributed by atoms with van der Waals surface area (Å²) >= 11 is 1.65. The molecule has 1 aromatic rings. The monoisotopic (exact) mass is 444 g/mol. The minimum Gasteiger partial charge on any atom is -0.389 e. The highest BCUT2D eigenvalue weighted by atomic mass is 32.1. The third kappa shape index (κ3) is 3.25. The Morgan fingerprint density at radius 3 is 2.74 bits per heavy atom. The lowest BCUT2D eigenvalue weighted by Gasteiger charge is -2.59. The van der Waals surface area contributed by atoms with E-state index in [0.29, 0.717) is 17.8 Å².